The lowest BCUT2D eigenvalue weighted by Crippen LogP contribution is -2.36. The van der Waals surface area contributed by atoms with Crippen LogP contribution >= 0.6 is 0 Å². The quantitative estimate of drug-likeness (QED) is 0.794. The molecule has 2 fully saturated rings. The Labute approximate surface area is 151 Å². The Morgan fingerprint density at radius 2 is 1.84 bits per heavy atom. The highest BCUT2D eigenvalue weighted by Crippen LogP contribution is 2.35. The average Bonchev–Trinajstić information content (AvgIpc) is 3.03. The van der Waals surface area contributed by atoms with Crippen molar-refractivity contribution in [2.75, 3.05) is 24.5 Å². The summed E-state index contributed by atoms with van der Waals surface area (Å²) < 4.78 is 5.59. The van der Waals surface area contributed by atoms with Crippen LogP contribution in [0, 0.1) is 6.92 Å². The third-order valence-corrected chi connectivity index (χ3v) is 5.03. The van der Waals surface area contributed by atoms with Gasteiger partial charge in [-0.2, -0.15) is 0 Å². The second-order valence-electron chi connectivity index (χ2n) is 8.22. The first-order chi connectivity index (χ1) is 11.8. The molecule has 3 heterocycles. The van der Waals surface area contributed by atoms with Gasteiger partial charge in [-0.25, -0.2) is 9.78 Å². The van der Waals surface area contributed by atoms with Crippen molar-refractivity contribution in [2.45, 2.75) is 71.4 Å². The first-order valence-corrected chi connectivity index (χ1v) is 9.57. The average molecular weight is 345 g/mol. The molecule has 2 saturated heterocycles. The number of likely N-dealkylation sites (tertiary alicyclic amines) is 1. The van der Waals surface area contributed by atoms with Crippen molar-refractivity contribution in [1.82, 2.24) is 9.88 Å². The van der Waals surface area contributed by atoms with Gasteiger partial charge < -0.3 is 14.5 Å². The van der Waals surface area contributed by atoms with Crippen molar-refractivity contribution in [3.05, 3.63) is 23.4 Å². The van der Waals surface area contributed by atoms with E-state index in [-0.39, 0.29) is 12.1 Å². The lowest BCUT2D eigenvalue weighted by molar-refractivity contribution is 0.0224. The molecule has 0 unspecified atom stereocenters. The van der Waals surface area contributed by atoms with Crippen molar-refractivity contribution in [3.8, 4) is 0 Å². The number of amides is 1. The van der Waals surface area contributed by atoms with Crippen LogP contribution in [-0.4, -0.2) is 41.2 Å². The van der Waals surface area contributed by atoms with Gasteiger partial charge in [-0.3, -0.25) is 0 Å². The van der Waals surface area contributed by atoms with E-state index in [9.17, 15) is 4.79 Å². The van der Waals surface area contributed by atoms with Gasteiger partial charge in [0.25, 0.3) is 0 Å². The first-order valence-electron chi connectivity index (χ1n) is 9.57. The maximum atomic E-state index is 12.5. The monoisotopic (exact) mass is 345 g/mol. The molecule has 3 rings (SSSR count). The lowest BCUT2D eigenvalue weighted by Gasteiger charge is -2.31. The van der Waals surface area contributed by atoms with Gasteiger partial charge in [0.05, 0.1) is 6.04 Å². The summed E-state index contributed by atoms with van der Waals surface area (Å²) in [6.45, 7) is 10.8. The minimum absolute atomic E-state index is 0.0813. The Bertz CT molecular complexity index is 618. The van der Waals surface area contributed by atoms with Crippen molar-refractivity contribution in [1.29, 1.82) is 0 Å². The molecule has 1 amide bonds. The van der Waals surface area contributed by atoms with Crippen LogP contribution in [-0.2, 0) is 4.74 Å². The van der Waals surface area contributed by atoms with Crippen LogP contribution < -0.4 is 4.90 Å². The van der Waals surface area contributed by atoms with Gasteiger partial charge in [0.15, 0.2) is 0 Å². The van der Waals surface area contributed by atoms with Crippen LogP contribution in [0.1, 0.15) is 70.2 Å². The summed E-state index contributed by atoms with van der Waals surface area (Å²) in [5.41, 5.74) is 1.72. The second kappa shape index (κ2) is 7.22. The number of nitrogens with zero attached hydrogens (tertiary/aromatic N) is 3. The van der Waals surface area contributed by atoms with E-state index in [0.717, 1.165) is 49.6 Å². The fourth-order valence-corrected chi connectivity index (χ4v) is 3.84. The molecule has 138 valence electrons. The third-order valence-electron chi connectivity index (χ3n) is 5.03. The molecule has 1 aromatic rings. The number of rotatable bonds is 2. The molecule has 0 bridgehead atoms. The molecule has 1 aromatic heterocycles. The molecule has 2 aliphatic heterocycles. The summed E-state index contributed by atoms with van der Waals surface area (Å²) in [5.74, 6) is 1.07. The van der Waals surface area contributed by atoms with Gasteiger partial charge in [-0.1, -0.05) is 6.07 Å². The fraction of sp³-hybridized carbons (Fsp3) is 0.700. The third kappa shape index (κ3) is 4.25. The molecule has 1 atom stereocenters. The largest absolute Gasteiger partial charge is 0.444 e. The predicted molar refractivity (Wildman–Crippen MR) is 100.0 cm³/mol. The summed E-state index contributed by atoms with van der Waals surface area (Å²) in [6, 6.07) is 4.37. The van der Waals surface area contributed by atoms with Crippen molar-refractivity contribution in [3.63, 3.8) is 0 Å². The number of hydrogen-bond acceptors (Lipinski definition) is 4. The topological polar surface area (TPSA) is 45.7 Å². The summed E-state index contributed by atoms with van der Waals surface area (Å²) in [7, 11) is 0. The summed E-state index contributed by atoms with van der Waals surface area (Å²) in [4.78, 5) is 21.6. The zero-order valence-electron chi connectivity index (χ0n) is 16.0. The minimum atomic E-state index is -0.463. The van der Waals surface area contributed by atoms with Crippen LogP contribution in [0.4, 0.5) is 10.6 Å². The first kappa shape index (κ1) is 18.0. The number of piperidine rings is 1. The zero-order chi connectivity index (χ0) is 18.0. The highest BCUT2D eigenvalue weighted by atomic mass is 16.6. The fourth-order valence-electron chi connectivity index (χ4n) is 3.84. The van der Waals surface area contributed by atoms with E-state index in [0.29, 0.717) is 0 Å². The molecule has 0 radical (unpaired) electrons. The molecule has 25 heavy (non-hydrogen) atoms. The molecule has 0 aliphatic carbocycles. The molecule has 0 aromatic carbocycles. The Morgan fingerprint density at radius 3 is 2.48 bits per heavy atom. The van der Waals surface area contributed by atoms with Gasteiger partial charge in [0, 0.05) is 25.3 Å². The number of hydrogen-bond donors (Lipinski definition) is 0. The van der Waals surface area contributed by atoms with Crippen molar-refractivity contribution >= 4 is 11.9 Å². The standard InChI is InChI=1S/C20H31N3O2/c1-15-16(10-11-18(21-15)22-12-6-5-7-13-22)17-9-8-14-23(17)19(24)25-20(2,3)4/h10-11,17H,5-9,12-14H2,1-4H3/t17-/m1/s1. The maximum Gasteiger partial charge on any atom is 0.410 e. The maximum absolute atomic E-state index is 12.5. The summed E-state index contributed by atoms with van der Waals surface area (Å²) in [5, 5.41) is 0. The lowest BCUT2D eigenvalue weighted by atomic mass is 10.0. The Balaban J connectivity index is 1.77. The van der Waals surface area contributed by atoms with E-state index in [1.54, 1.807) is 0 Å². The number of ether oxygens (including phenoxy) is 1. The van der Waals surface area contributed by atoms with Gasteiger partial charge in [-0.05, 0) is 71.4 Å². The molecule has 0 saturated carbocycles. The van der Waals surface area contributed by atoms with Crippen LogP contribution in [0.25, 0.3) is 0 Å². The number of aryl methyl sites for hydroxylation is 1. The van der Waals surface area contributed by atoms with Gasteiger partial charge >= 0.3 is 6.09 Å². The van der Waals surface area contributed by atoms with Gasteiger partial charge in [0.2, 0.25) is 0 Å². The molecular weight excluding hydrogens is 314 g/mol. The highest BCUT2D eigenvalue weighted by Gasteiger charge is 2.34. The molecule has 0 N–H and O–H groups in total. The second-order valence-corrected chi connectivity index (χ2v) is 8.22. The van der Waals surface area contributed by atoms with Crippen LogP contribution in [0.15, 0.2) is 12.1 Å². The Hall–Kier alpha value is -1.78. The smallest absolute Gasteiger partial charge is 0.410 e. The van der Waals surface area contributed by atoms with Crippen molar-refractivity contribution in [2.24, 2.45) is 0 Å². The predicted octanol–water partition coefficient (Wildman–Crippen LogP) is 4.45. The van der Waals surface area contributed by atoms with E-state index < -0.39 is 5.60 Å². The molecule has 0 spiro atoms. The number of anilines is 1. The molecular formula is C20H31N3O2. The minimum Gasteiger partial charge on any atom is -0.444 e. The summed E-state index contributed by atoms with van der Waals surface area (Å²) >= 11 is 0. The van der Waals surface area contributed by atoms with Crippen LogP contribution in [0.2, 0.25) is 0 Å². The highest BCUT2D eigenvalue weighted by molar-refractivity contribution is 5.69. The van der Waals surface area contributed by atoms with Gasteiger partial charge in [0.1, 0.15) is 11.4 Å². The van der Waals surface area contributed by atoms with E-state index in [1.807, 2.05) is 25.7 Å². The molecule has 2 aliphatic rings. The van der Waals surface area contributed by atoms with E-state index in [2.05, 4.69) is 24.0 Å². The van der Waals surface area contributed by atoms with Crippen LogP contribution in [0.3, 0.4) is 0 Å². The van der Waals surface area contributed by atoms with Crippen LogP contribution in [0.5, 0.6) is 0 Å². The van der Waals surface area contributed by atoms with E-state index in [4.69, 9.17) is 9.72 Å². The molecule has 5 nitrogen and oxygen atoms in total. The van der Waals surface area contributed by atoms with E-state index >= 15 is 0 Å². The normalized spacial score (nSPS) is 21.5. The van der Waals surface area contributed by atoms with Gasteiger partial charge in [-0.15, -0.1) is 0 Å². The Morgan fingerprint density at radius 1 is 1.12 bits per heavy atom. The molecule has 5 heteroatoms. The summed E-state index contributed by atoms with van der Waals surface area (Å²) in [6.07, 6.45) is 5.59. The van der Waals surface area contributed by atoms with E-state index in [1.165, 1.54) is 19.3 Å². The SMILES string of the molecule is Cc1nc(N2CCCCC2)ccc1[C@H]1CCCN1C(=O)OC(C)(C)C. The van der Waals surface area contributed by atoms with Crippen molar-refractivity contribution < 1.29 is 9.53 Å². The number of pyridine rings is 1. The number of carbonyl (C=O) groups excluding carboxylic acids is 1. The Kier molecular flexibility index (Phi) is 5.21. The number of aromatic nitrogens is 1. The zero-order valence-corrected chi connectivity index (χ0v) is 16.0. The number of carbonyl (C=O) groups is 1.